The molecule has 0 radical (unpaired) electrons. The third-order valence-electron chi connectivity index (χ3n) is 5.88. The standard InChI is InChI=1S/C28H35NO6/c1-5-6-7-16-35-22-13-11-20(12-14-22)26(30)24-25(21-9-8-10-23(18-21)33-4)29(28(32)27(24)31)15-17-34-19(2)3/h8-14,18-19,25,30H,5-7,15-17H2,1-4H3/b26-24-. The third kappa shape index (κ3) is 6.42. The third-order valence-corrected chi connectivity index (χ3v) is 5.88. The molecule has 0 aliphatic carbocycles. The number of carbonyl (C=O) groups excluding carboxylic acids is 2. The number of carbonyl (C=O) groups is 2. The molecule has 1 unspecified atom stereocenters. The Morgan fingerprint density at radius 2 is 1.77 bits per heavy atom. The van der Waals surface area contributed by atoms with Crippen LogP contribution < -0.4 is 9.47 Å². The molecule has 1 amide bonds. The van der Waals surface area contributed by atoms with Crippen molar-refractivity contribution < 1.29 is 28.9 Å². The summed E-state index contributed by atoms with van der Waals surface area (Å²) in [6.07, 6.45) is 3.18. The van der Waals surface area contributed by atoms with Crippen molar-refractivity contribution >= 4 is 17.4 Å². The number of ether oxygens (including phenoxy) is 3. The van der Waals surface area contributed by atoms with E-state index in [4.69, 9.17) is 14.2 Å². The largest absolute Gasteiger partial charge is 0.507 e. The molecule has 1 heterocycles. The number of amides is 1. The van der Waals surface area contributed by atoms with Crippen LogP contribution in [0, 0.1) is 0 Å². The molecule has 1 fully saturated rings. The predicted octanol–water partition coefficient (Wildman–Crippen LogP) is 5.11. The molecule has 2 aromatic carbocycles. The lowest BCUT2D eigenvalue weighted by Gasteiger charge is -2.26. The van der Waals surface area contributed by atoms with Gasteiger partial charge in [-0.25, -0.2) is 0 Å². The van der Waals surface area contributed by atoms with Crippen molar-refractivity contribution in [3.8, 4) is 11.5 Å². The molecule has 2 aromatic rings. The normalized spacial score (nSPS) is 17.3. The average Bonchev–Trinajstić information content (AvgIpc) is 3.11. The highest BCUT2D eigenvalue weighted by atomic mass is 16.5. The van der Waals surface area contributed by atoms with Crippen molar-refractivity contribution in [2.24, 2.45) is 0 Å². The van der Waals surface area contributed by atoms with Gasteiger partial charge < -0.3 is 24.2 Å². The first-order valence-corrected chi connectivity index (χ1v) is 12.1. The predicted molar refractivity (Wildman–Crippen MR) is 135 cm³/mol. The Hall–Kier alpha value is -3.32. The summed E-state index contributed by atoms with van der Waals surface area (Å²) in [5.74, 6) is -0.326. The number of hydrogen-bond acceptors (Lipinski definition) is 6. The summed E-state index contributed by atoms with van der Waals surface area (Å²) in [5, 5.41) is 11.2. The van der Waals surface area contributed by atoms with Gasteiger partial charge in [-0.3, -0.25) is 9.59 Å². The number of aliphatic hydroxyl groups is 1. The number of unbranched alkanes of at least 4 members (excludes halogenated alkanes) is 2. The summed E-state index contributed by atoms with van der Waals surface area (Å²) >= 11 is 0. The van der Waals surface area contributed by atoms with Crippen LogP contribution in [0.15, 0.2) is 54.1 Å². The van der Waals surface area contributed by atoms with E-state index >= 15 is 0 Å². The Bertz CT molecular complexity index is 1040. The summed E-state index contributed by atoms with van der Waals surface area (Å²) < 4.78 is 16.7. The summed E-state index contributed by atoms with van der Waals surface area (Å²) in [6.45, 7) is 7.06. The summed E-state index contributed by atoms with van der Waals surface area (Å²) in [7, 11) is 1.55. The lowest BCUT2D eigenvalue weighted by molar-refractivity contribution is -0.140. The van der Waals surface area contributed by atoms with Gasteiger partial charge in [-0.05, 0) is 62.2 Å². The molecule has 1 N–H and O–H groups in total. The summed E-state index contributed by atoms with van der Waals surface area (Å²) in [5.41, 5.74) is 1.16. The van der Waals surface area contributed by atoms with E-state index in [0.29, 0.717) is 29.2 Å². The fourth-order valence-corrected chi connectivity index (χ4v) is 4.06. The SMILES string of the molecule is CCCCCOc1ccc(/C(O)=C2/C(=O)C(=O)N(CCOC(C)C)C2c2cccc(OC)c2)cc1. The van der Waals surface area contributed by atoms with Crippen LogP contribution >= 0.6 is 0 Å². The summed E-state index contributed by atoms with van der Waals surface area (Å²) in [6, 6.07) is 13.3. The van der Waals surface area contributed by atoms with E-state index in [1.165, 1.54) is 4.90 Å². The molecule has 35 heavy (non-hydrogen) atoms. The molecule has 3 rings (SSSR count). The van der Waals surface area contributed by atoms with E-state index in [0.717, 1.165) is 19.3 Å². The smallest absolute Gasteiger partial charge is 0.295 e. The van der Waals surface area contributed by atoms with Gasteiger partial charge in [-0.1, -0.05) is 31.9 Å². The van der Waals surface area contributed by atoms with Crippen molar-refractivity contribution in [1.29, 1.82) is 0 Å². The topological polar surface area (TPSA) is 85.3 Å². The molecule has 0 bridgehead atoms. The minimum absolute atomic E-state index is 0.00945. The van der Waals surface area contributed by atoms with Crippen LogP contribution in [0.2, 0.25) is 0 Å². The maximum atomic E-state index is 13.1. The van der Waals surface area contributed by atoms with E-state index < -0.39 is 17.7 Å². The molecule has 1 aliphatic heterocycles. The molecule has 7 heteroatoms. The number of likely N-dealkylation sites (tertiary alicyclic amines) is 1. The van der Waals surface area contributed by atoms with Gasteiger partial charge in [0.25, 0.3) is 11.7 Å². The Morgan fingerprint density at radius 1 is 1.03 bits per heavy atom. The lowest BCUT2D eigenvalue weighted by atomic mass is 9.95. The first kappa shape index (κ1) is 26.3. The minimum atomic E-state index is -0.758. The monoisotopic (exact) mass is 481 g/mol. The van der Waals surface area contributed by atoms with Crippen LogP contribution in [0.3, 0.4) is 0 Å². The second-order valence-corrected chi connectivity index (χ2v) is 8.77. The molecule has 7 nitrogen and oxygen atoms in total. The number of rotatable bonds is 12. The van der Waals surface area contributed by atoms with Crippen molar-refractivity contribution in [3.05, 3.63) is 65.2 Å². The number of benzene rings is 2. The van der Waals surface area contributed by atoms with E-state index in [-0.39, 0.29) is 30.6 Å². The van der Waals surface area contributed by atoms with Crippen molar-refractivity contribution in [2.75, 3.05) is 26.9 Å². The van der Waals surface area contributed by atoms with Gasteiger partial charge in [0.2, 0.25) is 0 Å². The maximum absolute atomic E-state index is 13.1. The van der Waals surface area contributed by atoms with E-state index in [9.17, 15) is 14.7 Å². The Kier molecular flexibility index (Phi) is 9.32. The number of hydrogen-bond donors (Lipinski definition) is 1. The number of Topliss-reactive ketones (excluding diaryl/α,β-unsaturated/α-hetero) is 1. The quantitative estimate of drug-likeness (QED) is 0.196. The minimum Gasteiger partial charge on any atom is -0.507 e. The fraction of sp³-hybridized carbons (Fsp3) is 0.429. The van der Waals surface area contributed by atoms with Crippen LogP contribution in [-0.2, 0) is 14.3 Å². The fourth-order valence-electron chi connectivity index (χ4n) is 4.06. The molecule has 1 aliphatic rings. The Labute approximate surface area is 207 Å². The molecule has 1 atom stereocenters. The Balaban J connectivity index is 1.96. The first-order valence-electron chi connectivity index (χ1n) is 12.1. The molecular formula is C28H35NO6. The molecule has 0 saturated carbocycles. The van der Waals surface area contributed by atoms with Crippen LogP contribution in [0.4, 0.5) is 0 Å². The van der Waals surface area contributed by atoms with Gasteiger partial charge in [0, 0.05) is 12.1 Å². The maximum Gasteiger partial charge on any atom is 0.295 e. The molecule has 0 spiro atoms. The highest BCUT2D eigenvalue weighted by Crippen LogP contribution is 2.40. The van der Waals surface area contributed by atoms with Gasteiger partial charge in [0.05, 0.1) is 38.0 Å². The van der Waals surface area contributed by atoms with Gasteiger partial charge >= 0.3 is 0 Å². The second-order valence-electron chi connectivity index (χ2n) is 8.77. The number of ketones is 1. The summed E-state index contributed by atoms with van der Waals surface area (Å²) in [4.78, 5) is 27.6. The van der Waals surface area contributed by atoms with Crippen LogP contribution in [0.25, 0.3) is 5.76 Å². The molecular weight excluding hydrogens is 446 g/mol. The zero-order chi connectivity index (χ0) is 25.4. The lowest BCUT2D eigenvalue weighted by Crippen LogP contribution is -2.33. The van der Waals surface area contributed by atoms with E-state index in [1.807, 2.05) is 19.9 Å². The zero-order valence-electron chi connectivity index (χ0n) is 21.0. The van der Waals surface area contributed by atoms with Gasteiger partial charge in [-0.15, -0.1) is 0 Å². The molecule has 188 valence electrons. The first-order chi connectivity index (χ1) is 16.9. The van der Waals surface area contributed by atoms with Crippen molar-refractivity contribution in [2.45, 2.75) is 52.2 Å². The zero-order valence-corrected chi connectivity index (χ0v) is 21.0. The van der Waals surface area contributed by atoms with E-state index in [1.54, 1.807) is 49.6 Å². The van der Waals surface area contributed by atoms with Crippen LogP contribution in [0.5, 0.6) is 11.5 Å². The number of methoxy groups -OCH3 is 1. The van der Waals surface area contributed by atoms with Crippen molar-refractivity contribution in [1.82, 2.24) is 4.90 Å². The van der Waals surface area contributed by atoms with Gasteiger partial charge in [-0.2, -0.15) is 0 Å². The molecule has 1 saturated heterocycles. The highest BCUT2D eigenvalue weighted by molar-refractivity contribution is 6.46. The highest BCUT2D eigenvalue weighted by Gasteiger charge is 2.46. The van der Waals surface area contributed by atoms with Gasteiger partial charge in [0.15, 0.2) is 0 Å². The molecule has 0 aromatic heterocycles. The van der Waals surface area contributed by atoms with Crippen molar-refractivity contribution in [3.63, 3.8) is 0 Å². The van der Waals surface area contributed by atoms with Crippen LogP contribution in [-0.4, -0.2) is 54.7 Å². The Morgan fingerprint density at radius 3 is 2.43 bits per heavy atom. The number of aliphatic hydroxyl groups excluding tert-OH is 1. The number of nitrogens with zero attached hydrogens (tertiary/aromatic N) is 1. The second kappa shape index (κ2) is 12.4. The van der Waals surface area contributed by atoms with Crippen LogP contribution in [0.1, 0.15) is 57.2 Å². The van der Waals surface area contributed by atoms with Gasteiger partial charge in [0.1, 0.15) is 17.3 Å². The van der Waals surface area contributed by atoms with E-state index in [2.05, 4.69) is 6.92 Å². The average molecular weight is 482 g/mol.